The van der Waals surface area contributed by atoms with Gasteiger partial charge in [-0.3, -0.25) is 0 Å². The lowest BCUT2D eigenvalue weighted by molar-refractivity contribution is 0.667. The Bertz CT molecular complexity index is 604. The highest BCUT2D eigenvalue weighted by Gasteiger charge is 2.17. The van der Waals surface area contributed by atoms with Gasteiger partial charge in [0, 0.05) is 5.92 Å². The van der Waals surface area contributed by atoms with Gasteiger partial charge >= 0.3 is 0 Å². The first-order chi connectivity index (χ1) is 10.4. The highest BCUT2D eigenvalue weighted by Crippen LogP contribution is 2.35. The molecule has 108 valence electrons. The van der Waals surface area contributed by atoms with E-state index in [0.717, 1.165) is 0 Å². The van der Waals surface area contributed by atoms with Crippen molar-refractivity contribution in [3.63, 3.8) is 0 Å². The molecule has 1 unspecified atom stereocenters. The van der Waals surface area contributed by atoms with Crippen LogP contribution in [-0.4, -0.2) is 0 Å². The quantitative estimate of drug-likeness (QED) is 0.570. The van der Waals surface area contributed by atoms with Gasteiger partial charge in [-0.25, -0.2) is 0 Å². The van der Waals surface area contributed by atoms with Crippen molar-refractivity contribution < 1.29 is 0 Å². The summed E-state index contributed by atoms with van der Waals surface area (Å²) >= 11 is 0. The maximum absolute atomic E-state index is 2.32. The molecule has 1 atom stereocenters. The van der Waals surface area contributed by atoms with Crippen LogP contribution in [0.4, 0.5) is 0 Å². The fourth-order valence-corrected chi connectivity index (χ4v) is 3.19. The summed E-state index contributed by atoms with van der Waals surface area (Å²) in [5, 5.41) is 0. The van der Waals surface area contributed by atoms with Gasteiger partial charge in [0.25, 0.3) is 0 Å². The van der Waals surface area contributed by atoms with E-state index in [9.17, 15) is 0 Å². The summed E-state index contributed by atoms with van der Waals surface area (Å²) in [6, 6.07) is 18.0. The molecule has 1 aliphatic rings. The van der Waals surface area contributed by atoms with Gasteiger partial charge in [-0.15, -0.1) is 0 Å². The minimum atomic E-state index is 0.440. The lowest BCUT2D eigenvalue weighted by atomic mass is 9.92. The predicted molar refractivity (Wildman–Crippen MR) is 91.6 cm³/mol. The molecule has 21 heavy (non-hydrogen) atoms. The molecule has 0 aromatic heterocycles. The first kappa shape index (κ1) is 14.1. The van der Waals surface area contributed by atoms with Crippen LogP contribution in [-0.2, 0) is 6.42 Å². The molecule has 0 amide bonds. The van der Waals surface area contributed by atoms with E-state index in [1.54, 1.807) is 0 Å². The van der Waals surface area contributed by atoms with Crippen LogP contribution in [0, 0.1) is 0 Å². The smallest absolute Gasteiger partial charge is 0.0278 e. The van der Waals surface area contributed by atoms with Gasteiger partial charge in [-0.1, -0.05) is 86.9 Å². The van der Waals surface area contributed by atoms with Crippen LogP contribution >= 0.6 is 0 Å². The number of hydrogen-bond acceptors (Lipinski definition) is 0. The molecule has 0 saturated heterocycles. The highest BCUT2D eigenvalue weighted by molar-refractivity contribution is 5.65. The van der Waals surface area contributed by atoms with Crippen LogP contribution in [0.3, 0.4) is 0 Å². The summed E-state index contributed by atoms with van der Waals surface area (Å²) in [5.41, 5.74) is 5.69. The number of benzene rings is 2. The SMILES string of the molecule is CCCCCCc1ccc(C2C=Cc3ccccc32)cc1. The monoisotopic (exact) mass is 276 g/mol. The molecular formula is C21H24. The minimum absolute atomic E-state index is 0.440. The molecule has 0 radical (unpaired) electrons. The normalized spacial score (nSPS) is 16.1. The predicted octanol–water partition coefficient (Wildman–Crippen LogP) is 5.97. The van der Waals surface area contributed by atoms with Crippen molar-refractivity contribution in [2.75, 3.05) is 0 Å². The van der Waals surface area contributed by atoms with Gasteiger partial charge in [0.1, 0.15) is 0 Å². The topological polar surface area (TPSA) is 0 Å². The Morgan fingerprint density at radius 2 is 1.67 bits per heavy atom. The number of hydrogen-bond donors (Lipinski definition) is 0. The molecule has 0 aliphatic heterocycles. The van der Waals surface area contributed by atoms with Gasteiger partial charge in [-0.05, 0) is 35.1 Å². The first-order valence-corrected chi connectivity index (χ1v) is 8.24. The van der Waals surface area contributed by atoms with Crippen molar-refractivity contribution in [2.24, 2.45) is 0 Å². The zero-order valence-electron chi connectivity index (χ0n) is 12.9. The van der Waals surface area contributed by atoms with E-state index < -0.39 is 0 Å². The van der Waals surface area contributed by atoms with E-state index in [1.165, 1.54) is 54.4 Å². The van der Waals surface area contributed by atoms with E-state index in [4.69, 9.17) is 0 Å². The lowest BCUT2D eigenvalue weighted by Gasteiger charge is -2.12. The Labute approximate surface area is 128 Å². The van der Waals surface area contributed by atoms with Crippen LogP contribution < -0.4 is 0 Å². The van der Waals surface area contributed by atoms with Crippen molar-refractivity contribution in [3.8, 4) is 0 Å². The zero-order chi connectivity index (χ0) is 14.5. The standard InChI is InChI=1S/C21H24/c1-2-3-4-5-8-17-11-13-19(14-12-17)21-16-15-18-9-6-7-10-20(18)21/h6-7,9-16,21H,2-5,8H2,1H3. The van der Waals surface area contributed by atoms with E-state index in [0.29, 0.717) is 5.92 Å². The number of unbranched alkanes of at least 4 members (excludes halogenated alkanes) is 3. The molecular weight excluding hydrogens is 252 g/mol. The van der Waals surface area contributed by atoms with Crippen LogP contribution in [0.25, 0.3) is 6.08 Å². The summed E-state index contributed by atoms with van der Waals surface area (Å²) in [7, 11) is 0. The number of aryl methyl sites for hydroxylation is 1. The van der Waals surface area contributed by atoms with Crippen molar-refractivity contribution in [1.29, 1.82) is 0 Å². The summed E-state index contributed by atoms with van der Waals surface area (Å²) in [6.07, 6.45) is 11.1. The third-order valence-electron chi connectivity index (χ3n) is 4.46. The molecule has 2 aromatic carbocycles. The van der Waals surface area contributed by atoms with Crippen molar-refractivity contribution in [3.05, 3.63) is 76.9 Å². The summed E-state index contributed by atoms with van der Waals surface area (Å²) < 4.78 is 0. The Morgan fingerprint density at radius 3 is 2.48 bits per heavy atom. The molecule has 1 aliphatic carbocycles. The van der Waals surface area contributed by atoms with Crippen molar-refractivity contribution in [1.82, 2.24) is 0 Å². The molecule has 0 fully saturated rings. The van der Waals surface area contributed by atoms with E-state index in [1.807, 2.05) is 0 Å². The number of rotatable bonds is 6. The second kappa shape index (κ2) is 6.76. The second-order valence-electron chi connectivity index (χ2n) is 6.02. The first-order valence-electron chi connectivity index (χ1n) is 8.24. The van der Waals surface area contributed by atoms with Gasteiger partial charge in [0.15, 0.2) is 0 Å². The lowest BCUT2D eigenvalue weighted by Crippen LogP contribution is -1.96. The third-order valence-corrected chi connectivity index (χ3v) is 4.46. The van der Waals surface area contributed by atoms with E-state index in [-0.39, 0.29) is 0 Å². The van der Waals surface area contributed by atoms with Gasteiger partial charge in [0.05, 0.1) is 0 Å². The molecule has 0 spiro atoms. The van der Waals surface area contributed by atoms with Crippen LogP contribution in [0.1, 0.15) is 60.8 Å². The largest absolute Gasteiger partial charge is 0.0720 e. The van der Waals surface area contributed by atoms with Crippen molar-refractivity contribution >= 4 is 6.08 Å². The zero-order valence-corrected chi connectivity index (χ0v) is 12.9. The Hall–Kier alpha value is -1.82. The molecule has 0 nitrogen and oxygen atoms in total. The fraction of sp³-hybridized carbons (Fsp3) is 0.333. The summed E-state index contributed by atoms with van der Waals surface area (Å²) in [6.45, 7) is 2.27. The fourth-order valence-electron chi connectivity index (χ4n) is 3.19. The Balaban J connectivity index is 1.67. The van der Waals surface area contributed by atoms with Crippen LogP contribution in [0.15, 0.2) is 54.6 Å². The number of fused-ring (bicyclic) bond motifs is 1. The molecule has 0 N–H and O–H groups in total. The average Bonchev–Trinajstić information content (AvgIpc) is 2.96. The average molecular weight is 276 g/mol. The third kappa shape index (κ3) is 3.26. The maximum Gasteiger partial charge on any atom is 0.0278 e. The molecule has 0 saturated carbocycles. The second-order valence-corrected chi connectivity index (χ2v) is 6.02. The van der Waals surface area contributed by atoms with E-state index in [2.05, 4.69) is 67.6 Å². The molecule has 0 bridgehead atoms. The summed E-state index contributed by atoms with van der Waals surface area (Å²) in [5.74, 6) is 0.440. The number of allylic oxidation sites excluding steroid dienone is 1. The molecule has 0 heteroatoms. The Morgan fingerprint density at radius 1 is 0.857 bits per heavy atom. The van der Waals surface area contributed by atoms with Gasteiger partial charge < -0.3 is 0 Å². The Kier molecular flexibility index (Phi) is 4.55. The maximum atomic E-state index is 2.32. The summed E-state index contributed by atoms with van der Waals surface area (Å²) in [4.78, 5) is 0. The van der Waals surface area contributed by atoms with E-state index >= 15 is 0 Å². The van der Waals surface area contributed by atoms with Crippen molar-refractivity contribution in [2.45, 2.75) is 44.9 Å². The molecule has 3 rings (SSSR count). The van der Waals surface area contributed by atoms with Gasteiger partial charge in [-0.2, -0.15) is 0 Å². The highest BCUT2D eigenvalue weighted by atomic mass is 14.2. The minimum Gasteiger partial charge on any atom is -0.0720 e. The van der Waals surface area contributed by atoms with Crippen LogP contribution in [0.2, 0.25) is 0 Å². The molecule has 2 aromatic rings. The molecule has 0 heterocycles. The van der Waals surface area contributed by atoms with Crippen LogP contribution in [0.5, 0.6) is 0 Å². The van der Waals surface area contributed by atoms with Gasteiger partial charge in [0.2, 0.25) is 0 Å².